The van der Waals surface area contributed by atoms with Gasteiger partial charge in [0.05, 0.1) is 0 Å². The minimum absolute atomic E-state index is 0.102. The van der Waals surface area contributed by atoms with Crippen molar-refractivity contribution >= 4 is 33.6 Å². The summed E-state index contributed by atoms with van der Waals surface area (Å²) in [7, 11) is -3.69. The average Bonchev–Trinajstić information content (AvgIpc) is 2.58. The number of rotatable bonds is 5. The number of hydrogen-bond donors (Lipinski definition) is 3. The van der Waals surface area contributed by atoms with Gasteiger partial charge in [-0.25, -0.2) is 9.93 Å². The van der Waals surface area contributed by atoms with E-state index in [-0.39, 0.29) is 6.54 Å². The Morgan fingerprint density at radius 3 is 2.88 bits per heavy atom. The third kappa shape index (κ3) is 5.03. The number of thiophene rings is 1. The number of carboxylic acid groups (broad SMARTS) is 1. The first-order chi connectivity index (χ1) is 7.37. The molecule has 0 fully saturated rings. The lowest BCUT2D eigenvalue weighted by atomic mass is 10.3. The quantitative estimate of drug-likeness (QED) is 0.655. The average molecular weight is 262 g/mol. The molecular formula is C8H10N2O4S2. The third-order valence-corrected chi connectivity index (χ3v) is 3.04. The molecule has 0 unspecified atom stereocenters. The first-order valence-corrected chi connectivity index (χ1v) is 6.55. The van der Waals surface area contributed by atoms with E-state index in [0.717, 1.165) is 11.0 Å². The van der Waals surface area contributed by atoms with Crippen LogP contribution in [0.25, 0.3) is 6.08 Å². The van der Waals surface area contributed by atoms with Crippen LogP contribution in [-0.4, -0.2) is 19.5 Å². The number of aliphatic carboxylic acids is 1. The number of nitrogens with two attached hydrogens (primary N) is 1. The van der Waals surface area contributed by atoms with Gasteiger partial charge in [0.1, 0.15) is 0 Å². The van der Waals surface area contributed by atoms with Crippen LogP contribution in [-0.2, 0) is 21.5 Å². The van der Waals surface area contributed by atoms with E-state index >= 15 is 0 Å². The zero-order valence-electron chi connectivity index (χ0n) is 8.08. The highest BCUT2D eigenvalue weighted by Gasteiger charge is 2.03. The molecule has 0 saturated heterocycles. The molecule has 0 bridgehead atoms. The Kier molecular flexibility index (Phi) is 4.19. The van der Waals surface area contributed by atoms with Gasteiger partial charge in [0.25, 0.3) is 10.2 Å². The predicted molar refractivity (Wildman–Crippen MR) is 60.9 cm³/mol. The van der Waals surface area contributed by atoms with Crippen molar-refractivity contribution in [3.05, 3.63) is 28.0 Å². The van der Waals surface area contributed by atoms with E-state index in [4.69, 9.17) is 10.2 Å². The van der Waals surface area contributed by atoms with Gasteiger partial charge in [-0.1, -0.05) is 0 Å². The molecule has 0 aliphatic rings. The zero-order chi connectivity index (χ0) is 12.2. The highest BCUT2D eigenvalue weighted by molar-refractivity contribution is 7.87. The van der Waals surface area contributed by atoms with Crippen molar-refractivity contribution in [3.8, 4) is 0 Å². The molecular weight excluding hydrogens is 252 g/mol. The van der Waals surface area contributed by atoms with Gasteiger partial charge in [0.15, 0.2) is 0 Å². The van der Waals surface area contributed by atoms with Crippen molar-refractivity contribution in [2.45, 2.75) is 6.54 Å². The predicted octanol–water partition coefficient (Wildman–Crippen LogP) is 0.139. The topological polar surface area (TPSA) is 109 Å². The van der Waals surface area contributed by atoms with Crippen LogP contribution < -0.4 is 9.86 Å². The van der Waals surface area contributed by atoms with Crippen LogP contribution in [0.5, 0.6) is 0 Å². The van der Waals surface area contributed by atoms with Crippen molar-refractivity contribution in [2.24, 2.45) is 5.14 Å². The lowest BCUT2D eigenvalue weighted by Gasteiger charge is -1.97. The second-order valence-electron chi connectivity index (χ2n) is 2.88. The maximum atomic E-state index is 10.6. The van der Waals surface area contributed by atoms with Crippen molar-refractivity contribution in [3.63, 3.8) is 0 Å². The normalized spacial score (nSPS) is 12.1. The summed E-state index contributed by atoms with van der Waals surface area (Å²) >= 11 is 1.32. The molecule has 0 spiro atoms. The smallest absolute Gasteiger partial charge is 0.328 e. The second-order valence-corrected chi connectivity index (χ2v) is 5.26. The number of carboxylic acids is 1. The van der Waals surface area contributed by atoms with Crippen molar-refractivity contribution in [1.82, 2.24) is 4.72 Å². The summed E-state index contributed by atoms with van der Waals surface area (Å²) in [4.78, 5) is 11.0. The van der Waals surface area contributed by atoms with E-state index in [9.17, 15) is 13.2 Å². The van der Waals surface area contributed by atoms with Crippen LogP contribution in [0.15, 0.2) is 17.5 Å². The molecule has 0 aromatic carbocycles. The minimum atomic E-state index is -3.69. The molecule has 0 amide bonds. The lowest BCUT2D eigenvalue weighted by Crippen LogP contribution is -2.29. The van der Waals surface area contributed by atoms with Gasteiger partial charge in [-0.2, -0.15) is 13.1 Å². The van der Waals surface area contributed by atoms with Crippen molar-refractivity contribution < 1.29 is 18.3 Å². The molecule has 1 heterocycles. The van der Waals surface area contributed by atoms with E-state index in [1.165, 1.54) is 17.4 Å². The van der Waals surface area contributed by atoms with Crippen LogP contribution >= 0.6 is 11.3 Å². The molecule has 1 rings (SSSR count). The summed E-state index contributed by atoms with van der Waals surface area (Å²) in [5.41, 5.74) is 0.707. The molecule has 0 saturated carbocycles. The summed E-state index contributed by atoms with van der Waals surface area (Å²) in [6.07, 6.45) is 2.44. The van der Waals surface area contributed by atoms with Gasteiger partial charge in [-0.05, 0) is 23.1 Å². The van der Waals surface area contributed by atoms with Gasteiger partial charge in [0, 0.05) is 17.5 Å². The molecule has 0 radical (unpaired) electrons. The van der Waals surface area contributed by atoms with Crippen LogP contribution in [0.1, 0.15) is 10.4 Å². The van der Waals surface area contributed by atoms with Gasteiger partial charge < -0.3 is 5.11 Å². The van der Waals surface area contributed by atoms with E-state index < -0.39 is 16.2 Å². The Labute approximate surface area is 96.6 Å². The molecule has 1 aromatic rings. The van der Waals surface area contributed by atoms with Crippen LogP contribution in [0.2, 0.25) is 0 Å². The lowest BCUT2D eigenvalue weighted by molar-refractivity contribution is -0.131. The summed E-state index contributed by atoms with van der Waals surface area (Å²) in [6.45, 7) is 0.102. The fourth-order valence-corrected chi connectivity index (χ4v) is 2.16. The Bertz CT molecular complexity index is 504. The molecule has 88 valence electrons. The summed E-state index contributed by atoms with van der Waals surface area (Å²) < 4.78 is 23.3. The third-order valence-electron chi connectivity index (χ3n) is 1.54. The first-order valence-electron chi connectivity index (χ1n) is 4.12. The highest BCUT2D eigenvalue weighted by atomic mass is 32.2. The second kappa shape index (κ2) is 5.21. The maximum absolute atomic E-state index is 10.6. The van der Waals surface area contributed by atoms with E-state index in [1.807, 2.05) is 0 Å². The number of hydrogen-bond acceptors (Lipinski definition) is 4. The molecule has 4 N–H and O–H groups in total. The van der Waals surface area contributed by atoms with Crippen LogP contribution in [0.3, 0.4) is 0 Å². The Morgan fingerprint density at radius 1 is 1.62 bits per heavy atom. The maximum Gasteiger partial charge on any atom is 0.328 e. The van der Waals surface area contributed by atoms with E-state index in [2.05, 4.69) is 4.72 Å². The SMILES string of the molecule is NS(=O)(=O)NCc1cc(/C=C/C(=O)O)cs1. The summed E-state index contributed by atoms with van der Waals surface area (Å²) in [5.74, 6) is -1.03. The Balaban J connectivity index is 2.62. The van der Waals surface area contributed by atoms with Crippen molar-refractivity contribution in [2.75, 3.05) is 0 Å². The molecule has 1 aromatic heterocycles. The van der Waals surface area contributed by atoms with Crippen molar-refractivity contribution in [1.29, 1.82) is 0 Å². The standard InChI is InChI=1S/C8H10N2O4S2/c9-16(13,14)10-4-7-3-6(5-15-7)1-2-8(11)12/h1-3,5,10H,4H2,(H,11,12)(H2,9,13,14)/b2-1+. The molecule has 8 heteroatoms. The van der Waals surface area contributed by atoms with Gasteiger partial charge in [0.2, 0.25) is 0 Å². The molecule has 0 aliphatic heterocycles. The summed E-state index contributed by atoms with van der Waals surface area (Å²) in [6, 6.07) is 1.68. The first kappa shape index (κ1) is 12.8. The molecule has 0 aliphatic carbocycles. The zero-order valence-corrected chi connectivity index (χ0v) is 9.72. The van der Waals surface area contributed by atoms with Gasteiger partial charge in [-0.3, -0.25) is 0 Å². The number of nitrogens with one attached hydrogen (secondary N) is 1. The molecule has 0 atom stereocenters. The molecule has 6 nitrogen and oxygen atoms in total. The van der Waals surface area contributed by atoms with Gasteiger partial charge >= 0.3 is 5.97 Å². The Hall–Kier alpha value is -1.22. The molecule has 16 heavy (non-hydrogen) atoms. The fourth-order valence-electron chi connectivity index (χ4n) is 0.917. The minimum Gasteiger partial charge on any atom is -0.478 e. The fraction of sp³-hybridized carbons (Fsp3) is 0.125. The summed E-state index contributed by atoms with van der Waals surface area (Å²) in [5, 5.41) is 14.9. The monoisotopic (exact) mass is 262 g/mol. The Morgan fingerprint density at radius 2 is 2.31 bits per heavy atom. The van der Waals surface area contributed by atoms with Crippen LogP contribution in [0, 0.1) is 0 Å². The number of carbonyl (C=O) groups is 1. The van der Waals surface area contributed by atoms with E-state index in [1.54, 1.807) is 11.4 Å². The van der Waals surface area contributed by atoms with Crippen LogP contribution in [0.4, 0.5) is 0 Å². The largest absolute Gasteiger partial charge is 0.478 e. The van der Waals surface area contributed by atoms with E-state index in [0.29, 0.717) is 5.56 Å². The van der Waals surface area contributed by atoms with Gasteiger partial charge in [-0.15, -0.1) is 11.3 Å². The highest BCUT2D eigenvalue weighted by Crippen LogP contribution is 2.15.